The van der Waals surface area contributed by atoms with Gasteiger partial charge in [-0.05, 0) is 50.1 Å². The number of nitrogens with zero attached hydrogens (tertiary/aromatic N) is 3. The second kappa shape index (κ2) is 7.61. The molecule has 1 aromatic heterocycles. The number of fused-ring (bicyclic) bond motifs is 1. The average Bonchev–Trinajstić information content (AvgIpc) is 3.41. The van der Waals surface area contributed by atoms with Crippen molar-refractivity contribution in [3.05, 3.63) is 59.9 Å². The number of likely N-dealkylation sites (tertiary alicyclic amines) is 1. The highest BCUT2D eigenvalue weighted by Gasteiger charge is 2.32. The zero-order valence-corrected chi connectivity index (χ0v) is 16.6. The molecule has 0 bridgehead atoms. The number of hydrogen-bond acceptors (Lipinski definition) is 4. The van der Waals surface area contributed by atoms with Crippen LogP contribution < -0.4 is 0 Å². The summed E-state index contributed by atoms with van der Waals surface area (Å²) in [7, 11) is 0. The summed E-state index contributed by atoms with van der Waals surface area (Å²) in [5.74, 6) is 1.37. The predicted molar refractivity (Wildman–Crippen MR) is 110 cm³/mol. The van der Waals surface area contributed by atoms with E-state index in [-0.39, 0.29) is 12.2 Å². The molecule has 0 atom stereocenters. The standard InChI is InChI=1S/C23H25N3O3/c1-16-24-20-15-18(7-8-21(20)26(16)19-5-3-2-4-6-19)22(27)25-11-9-17(10-12-25)23-28-13-14-29-23/h2-8,15,17,23H,9-14H2,1H3. The van der Waals surface area contributed by atoms with Gasteiger partial charge in [-0.25, -0.2) is 4.98 Å². The summed E-state index contributed by atoms with van der Waals surface area (Å²) in [6.45, 7) is 4.83. The third kappa shape index (κ3) is 3.43. The van der Waals surface area contributed by atoms with E-state index in [1.807, 2.05) is 48.2 Å². The van der Waals surface area contributed by atoms with Crippen molar-refractivity contribution in [1.29, 1.82) is 0 Å². The lowest BCUT2D eigenvalue weighted by Crippen LogP contribution is -2.41. The van der Waals surface area contributed by atoms with Gasteiger partial charge in [-0.2, -0.15) is 0 Å². The highest BCUT2D eigenvalue weighted by atomic mass is 16.7. The van der Waals surface area contributed by atoms with Crippen LogP contribution in [0, 0.1) is 12.8 Å². The van der Waals surface area contributed by atoms with Gasteiger partial charge in [-0.3, -0.25) is 9.36 Å². The Morgan fingerprint density at radius 2 is 1.76 bits per heavy atom. The second-order valence-corrected chi connectivity index (χ2v) is 7.77. The number of carbonyl (C=O) groups excluding carboxylic acids is 1. The van der Waals surface area contributed by atoms with E-state index >= 15 is 0 Å². The van der Waals surface area contributed by atoms with E-state index in [0.717, 1.165) is 48.5 Å². The van der Waals surface area contributed by atoms with Gasteiger partial charge < -0.3 is 14.4 Å². The summed E-state index contributed by atoms with van der Waals surface area (Å²) in [6.07, 6.45) is 1.74. The molecule has 2 aliphatic heterocycles. The van der Waals surface area contributed by atoms with Gasteiger partial charge in [0.2, 0.25) is 0 Å². The Morgan fingerprint density at radius 1 is 1.03 bits per heavy atom. The van der Waals surface area contributed by atoms with Crippen LogP contribution in [0.15, 0.2) is 48.5 Å². The van der Waals surface area contributed by atoms with Gasteiger partial charge in [0.25, 0.3) is 5.91 Å². The smallest absolute Gasteiger partial charge is 0.253 e. The summed E-state index contributed by atoms with van der Waals surface area (Å²) in [5, 5.41) is 0. The van der Waals surface area contributed by atoms with Crippen molar-refractivity contribution in [2.45, 2.75) is 26.1 Å². The fourth-order valence-electron chi connectivity index (χ4n) is 4.44. The monoisotopic (exact) mass is 391 g/mol. The molecular weight excluding hydrogens is 366 g/mol. The Bertz CT molecular complexity index is 1020. The Hall–Kier alpha value is -2.70. The molecule has 6 heteroatoms. The Labute approximate surface area is 170 Å². The number of rotatable bonds is 3. The molecule has 2 fully saturated rings. The van der Waals surface area contributed by atoms with E-state index in [9.17, 15) is 4.79 Å². The molecule has 0 radical (unpaired) electrons. The van der Waals surface area contributed by atoms with E-state index in [1.54, 1.807) is 0 Å². The molecule has 5 rings (SSSR count). The minimum absolute atomic E-state index is 0.0746. The molecule has 2 aromatic carbocycles. The lowest BCUT2D eigenvalue weighted by molar-refractivity contribution is -0.0956. The number of ether oxygens (including phenoxy) is 2. The summed E-state index contributed by atoms with van der Waals surface area (Å²) >= 11 is 0. The highest BCUT2D eigenvalue weighted by Crippen LogP contribution is 2.27. The van der Waals surface area contributed by atoms with Gasteiger partial charge >= 0.3 is 0 Å². The molecule has 0 aliphatic carbocycles. The number of amides is 1. The van der Waals surface area contributed by atoms with Crippen molar-refractivity contribution in [2.75, 3.05) is 26.3 Å². The number of hydrogen-bond donors (Lipinski definition) is 0. The Balaban J connectivity index is 1.35. The fourth-order valence-corrected chi connectivity index (χ4v) is 4.44. The van der Waals surface area contributed by atoms with Crippen molar-refractivity contribution >= 4 is 16.9 Å². The average molecular weight is 391 g/mol. The van der Waals surface area contributed by atoms with Gasteiger partial charge in [-0.1, -0.05) is 18.2 Å². The van der Waals surface area contributed by atoms with Gasteiger partial charge in [0.15, 0.2) is 6.29 Å². The third-order valence-electron chi connectivity index (χ3n) is 5.94. The van der Waals surface area contributed by atoms with Gasteiger partial charge in [0, 0.05) is 30.3 Å². The zero-order chi connectivity index (χ0) is 19.8. The van der Waals surface area contributed by atoms with Crippen LogP contribution >= 0.6 is 0 Å². The molecule has 29 heavy (non-hydrogen) atoms. The van der Waals surface area contributed by atoms with Crippen LogP contribution in [-0.4, -0.2) is 53.0 Å². The number of aromatic nitrogens is 2. The number of carbonyl (C=O) groups is 1. The third-order valence-corrected chi connectivity index (χ3v) is 5.94. The minimum Gasteiger partial charge on any atom is -0.350 e. The van der Waals surface area contributed by atoms with E-state index in [0.29, 0.717) is 24.7 Å². The van der Waals surface area contributed by atoms with E-state index in [4.69, 9.17) is 14.5 Å². The van der Waals surface area contributed by atoms with Crippen LogP contribution in [-0.2, 0) is 9.47 Å². The molecule has 0 spiro atoms. The van der Waals surface area contributed by atoms with Gasteiger partial charge in [-0.15, -0.1) is 0 Å². The predicted octanol–water partition coefficient (Wildman–Crippen LogP) is 3.56. The summed E-state index contributed by atoms with van der Waals surface area (Å²) < 4.78 is 13.4. The summed E-state index contributed by atoms with van der Waals surface area (Å²) in [6, 6.07) is 16.0. The number of para-hydroxylation sites is 1. The molecule has 2 saturated heterocycles. The molecule has 6 nitrogen and oxygen atoms in total. The highest BCUT2D eigenvalue weighted by molar-refractivity contribution is 5.97. The van der Waals surface area contributed by atoms with Gasteiger partial charge in [0.05, 0.1) is 24.2 Å². The summed E-state index contributed by atoms with van der Waals surface area (Å²) in [4.78, 5) is 19.7. The van der Waals surface area contributed by atoms with Crippen LogP contribution in [0.4, 0.5) is 0 Å². The van der Waals surface area contributed by atoms with Crippen molar-refractivity contribution in [1.82, 2.24) is 14.5 Å². The zero-order valence-electron chi connectivity index (χ0n) is 16.6. The molecule has 0 saturated carbocycles. The van der Waals surface area contributed by atoms with Crippen LogP contribution in [0.2, 0.25) is 0 Å². The molecule has 150 valence electrons. The normalized spacial score (nSPS) is 18.6. The first-order valence-electron chi connectivity index (χ1n) is 10.3. The van der Waals surface area contributed by atoms with E-state index in [1.165, 1.54) is 0 Å². The molecule has 3 aromatic rings. The first-order chi connectivity index (χ1) is 14.2. The second-order valence-electron chi connectivity index (χ2n) is 7.77. The Morgan fingerprint density at radius 3 is 2.48 bits per heavy atom. The SMILES string of the molecule is Cc1nc2cc(C(=O)N3CCC(C4OCCO4)CC3)ccc2n1-c1ccccc1. The number of aryl methyl sites for hydroxylation is 1. The van der Waals surface area contributed by atoms with Crippen molar-refractivity contribution in [3.63, 3.8) is 0 Å². The topological polar surface area (TPSA) is 56.6 Å². The van der Waals surface area contributed by atoms with Crippen LogP contribution in [0.1, 0.15) is 29.0 Å². The first kappa shape index (κ1) is 18.3. The molecule has 3 heterocycles. The van der Waals surface area contributed by atoms with Crippen molar-refractivity contribution < 1.29 is 14.3 Å². The number of piperidine rings is 1. The molecule has 0 unspecified atom stereocenters. The molecule has 0 N–H and O–H groups in total. The number of benzene rings is 2. The Kier molecular flexibility index (Phi) is 4.81. The van der Waals surface area contributed by atoms with Crippen LogP contribution in [0.25, 0.3) is 16.7 Å². The lowest BCUT2D eigenvalue weighted by Gasteiger charge is -2.33. The maximum absolute atomic E-state index is 13.1. The summed E-state index contributed by atoms with van der Waals surface area (Å²) in [5.41, 5.74) is 3.63. The quantitative estimate of drug-likeness (QED) is 0.685. The number of imidazole rings is 1. The van der Waals surface area contributed by atoms with Crippen molar-refractivity contribution in [2.24, 2.45) is 5.92 Å². The maximum atomic E-state index is 13.1. The molecule has 2 aliphatic rings. The maximum Gasteiger partial charge on any atom is 0.253 e. The van der Waals surface area contributed by atoms with Crippen LogP contribution in [0.3, 0.4) is 0 Å². The van der Waals surface area contributed by atoms with E-state index in [2.05, 4.69) is 16.7 Å². The van der Waals surface area contributed by atoms with Crippen LogP contribution in [0.5, 0.6) is 0 Å². The largest absolute Gasteiger partial charge is 0.350 e. The van der Waals surface area contributed by atoms with Gasteiger partial charge in [0.1, 0.15) is 5.82 Å². The van der Waals surface area contributed by atoms with E-state index < -0.39 is 0 Å². The molecule has 1 amide bonds. The first-order valence-corrected chi connectivity index (χ1v) is 10.3. The van der Waals surface area contributed by atoms with Crippen molar-refractivity contribution in [3.8, 4) is 5.69 Å². The fraction of sp³-hybridized carbons (Fsp3) is 0.391. The lowest BCUT2D eigenvalue weighted by atomic mass is 9.95. The molecular formula is C23H25N3O3. The minimum atomic E-state index is -0.0893.